The molecule has 0 bridgehead atoms. The van der Waals surface area contributed by atoms with Crippen molar-refractivity contribution in [3.63, 3.8) is 0 Å². The minimum Gasteiger partial charge on any atom is -0.459 e. The molecule has 0 radical (unpaired) electrons. The van der Waals surface area contributed by atoms with Gasteiger partial charge in [-0.2, -0.15) is 0 Å². The molecule has 1 aliphatic heterocycles. The first-order chi connectivity index (χ1) is 17.8. The predicted octanol–water partition coefficient (Wildman–Crippen LogP) is 2.97. The first-order valence-electron chi connectivity index (χ1n) is 11.4. The Hall–Kier alpha value is -4.34. The van der Waals surface area contributed by atoms with Gasteiger partial charge in [-0.1, -0.05) is 66.7 Å². The van der Waals surface area contributed by atoms with Crippen molar-refractivity contribution in [3.8, 4) is 0 Å². The summed E-state index contributed by atoms with van der Waals surface area (Å²) in [5.41, 5.74) is -2.17. The lowest BCUT2D eigenvalue weighted by molar-refractivity contribution is -0.198. The fourth-order valence-electron chi connectivity index (χ4n) is 3.94. The molecule has 1 aliphatic rings. The number of ether oxygens (including phenoxy) is 4. The van der Waals surface area contributed by atoms with E-state index in [4.69, 9.17) is 18.9 Å². The van der Waals surface area contributed by atoms with E-state index in [9.17, 15) is 24.3 Å². The quantitative estimate of drug-likeness (QED) is 0.280. The fourth-order valence-corrected chi connectivity index (χ4v) is 3.94. The molecule has 0 aromatic heterocycles. The molecule has 9 nitrogen and oxygen atoms in total. The number of esters is 3. The van der Waals surface area contributed by atoms with Crippen LogP contribution in [-0.4, -0.2) is 59.5 Å². The SMILES string of the molecule is CC(=O)OC1O[C@@H](COC(=O)c2ccccc2)[C@H](OC(=O)c2ccccc2)[C@@]1(O)C(=O)c1ccccc1. The standard InChI is InChI=1S/C28H24O9/c1-18(29)35-27-28(33,23(30)19-11-5-2-6-12-19)24(37-26(32)21-15-9-4-10-16-21)22(36-27)17-34-25(31)20-13-7-3-8-14-20/h2-16,22,24,27,33H,17H2,1H3/t22-,24-,27?,28-/m0/s1. The molecule has 0 amide bonds. The number of benzene rings is 3. The summed E-state index contributed by atoms with van der Waals surface area (Å²) in [5, 5.41) is 11.8. The summed E-state index contributed by atoms with van der Waals surface area (Å²) in [6.07, 6.45) is -4.88. The maximum Gasteiger partial charge on any atom is 0.338 e. The zero-order valence-electron chi connectivity index (χ0n) is 19.8. The van der Waals surface area contributed by atoms with Gasteiger partial charge in [0.15, 0.2) is 6.10 Å². The molecular formula is C28H24O9. The average molecular weight is 504 g/mol. The number of aliphatic hydroxyl groups is 1. The first kappa shape index (κ1) is 25.7. The lowest BCUT2D eigenvalue weighted by Crippen LogP contribution is -2.57. The third kappa shape index (κ3) is 5.58. The van der Waals surface area contributed by atoms with E-state index in [2.05, 4.69) is 0 Å². The van der Waals surface area contributed by atoms with Crippen molar-refractivity contribution in [2.24, 2.45) is 0 Å². The summed E-state index contributed by atoms with van der Waals surface area (Å²) in [4.78, 5) is 50.9. The third-order valence-electron chi connectivity index (χ3n) is 5.73. The number of hydrogen-bond donors (Lipinski definition) is 1. The highest BCUT2D eigenvalue weighted by atomic mass is 16.7. The Morgan fingerprint density at radius 2 is 1.24 bits per heavy atom. The van der Waals surface area contributed by atoms with Crippen molar-refractivity contribution in [2.45, 2.75) is 31.0 Å². The van der Waals surface area contributed by atoms with Crippen LogP contribution >= 0.6 is 0 Å². The smallest absolute Gasteiger partial charge is 0.338 e. The number of rotatable bonds is 8. The van der Waals surface area contributed by atoms with Gasteiger partial charge in [0.25, 0.3) is 0 Å². The van der Waals surface area contributed by atoms with Crippen LogP contribution in [0.3, 0.4) is 0 Å². The molecule has 1 fully saturated rings. The minimum absolute atomic E-state index is 0.0634. The monoisotopic (exact) mass is 504 g/mol. The van der Waals surface area contributed by atoms with Crippen molar-refractivity contribution in [2.75, 3.05) is 6.61 Å². The molecule has 1 saturated heterocycles. The first-order valence-corrected chi connectivity index (χ1v) is 11.4. The van der Waals surface area contributed by atoms with Crippen molar-refractivity contribution >= 4 is 23.7 Å². The molecule has 0 spiro atoms. The molecule has 1 unspecified atom stereocenters. The van der Waals surface area contributed by atoms with Crippen molar-refractivity contribution in [1.29, 1.82) is 0 Å². The largest absolute Gasteiger partial charge is 0.459 e. The second-order valence-corrected chi connectivity index (χ2v) is 8.29. The van der Waals surface area contributed by atoms with Gasteiger partial charge in [0.05, 0.1) is 11.1 Å². The summed E-state index contributed by atoms with van der Waals surface area (Å²) >= 11 is 0. The van der Waals surface area contributed by atoms with Crippen molar-refractivity contribution in [3.05, 3.63) is 108 Å². The molecule has 4 rings (SSSR count). The van der Waals surface area contributed by atoms with Crippen LogP contribution in [0.15, 0.2) is 91.0 Å². The molecule has 3 aromatic carbocycles. The van der Waals surface area contributed by atoms with Crippen LogP contribution in [0.2, 0.25) is 0 Å². The van der Waals surface area contributed by atoms with Crippen LogP contribution in [-0.2, 0) is 23.7 Å². The van der Waals surface area contributed by atoms with Gasteiger partial charge in [0.2, 0.25) is 17.7 Å². The fraction of sp³-hybridized carbons (Fsp3) is 0.214. The van der Waals surface area contributed by atoms with Crippen molar-refractivity contribution in [1.82, 2.24) is 0 Å². The van der Waals surface area contributed by atoms with Gasteiger partial charge < -0.3 is 24.1 Å². The highest BCUT2D eigenvalue weighted by Gasteiger charge is 2.65. The van der Waals surface area contributed by atoms with Crippen LogP contribution < -0.4 is 0 Å². The van der Waals surface area contributed by atoms with E-state index in [1.165, 1.54) is 24.3 Å². The highest BCUT2D eigenvalue weighted by Crippen LogP contribution is 2.38. The molecule has 4 atom stereocenters. The van der Waals surface area contributed by atoms with E-state index in [0.717, 1.165) is 6.92 Å². The second-order valence-electron chi connectivity index (χ2n) is 8.29. The van der Waals surface area contributed by atoms with Gasteiger partial charge in [0, 0.05) is 12.5 Å². The number of carbonyl (C=O) groups is 4. The van der Waals surface area contributed by atoms with Crippen molar-refractivity contribution < 1.29 is 43.2 Å². The zero-order chi connectivity index (χ0) is 26.4. The van der Waals surface area contributed by atoms with Gasteiger partial charge in [-0.25, -0.2) is 9.59 Å². The van der Waals surface area contributed by atoms with Crippen LogP contribution in [0, 0.1) is 0 Å². The molecule has 0 aliphatic carbocycles. The van der Waals surface area contributed by atoms with Crippen LogP contribution in [0.4, 0.5) is 0 Å². The highest BCUT2D eigenvalue weighted by molar-refractivity contribution is 6.04. The lowest BCUT2D eigenvalue weighted by Gasteiger charge is -2.31. The molecule has 190 valence electrons. The van der Waals surface area contributed by atoms with Crippen LogP contribution in [0.1, 0.15) is 38.0 Å². The van der Waals surface area contributed by atoms with E-state index < -0.39 is 54.4 Å². The van der Waals surface area contributed by atoms with Gasteiger partial charge in [-0.3, -0.25) is 9.59 Å². The van der Waals surface area contributed by atoms with Gasteiger partial charge in [-0.05, 0) is 24.3 Å². The molecule has 1 N–H and O–H groups in total. The molecule has 3 aromatic rings. The molecule has 0 saturated carbocycles. The summed E-state index contributed by atoms with van der Waals surface area (Å²) in [6.45, 7) is 0.563. The summed E-state index contributed by atoms with van der Waals surface area (Å²) < 4.78 is 21.8. The Morgan fingerprint density at radius 1 is 0.757 bits per heavy atom. The lowest BCUT2D eigenvalue weighted by atomic mass is 9.86. The molecule has 9 heteroatoms. The Kier molecular flexibility index (Phi) is 7.76. The number of carbonyl (C=O) groups excluding carboxylic acids is 4. The predicted molar refractivity (Wildman–Crippen MR) is 129 cm³/mol. The van der Waals surface area contributed by atoms with E-state index in [-0.39, 0.29) is 16.7 Å². The Balaban J connectivity index is 1.68. The Morgan fingerprint density at radius 3 is 1.76 bits per heavy atom. The summed E-state index contributed by atoms with van der Waals surface area (Å²) in [5.74, 6) is -3.32. The molecule has 37 heavy (non-hydrogen) atoms. The van der Waals surface area contributed by atoms with Gasteiger partial charge in [0.1, 0.15) is 12.7 Å². The normalized spacial score (nSPS) is 22.6. The van der Waals surface area contributed by atoms with Crippen LogP contribution in [0.25, 0.3) is 0 Å². The summed E-state index contributed by atoms with van der Waals surface area (Å²) in [7, 11) is 0. The zero-order valence-corrected chi connectivity index (χ0v) is 19.8. The number of ketones is 1. The maximum atomic E-state index is 13.6. The topological polar surface area (TPSA) is 125 Å². The van der Waals surface area contributed by atoms with Gasteiger partial charge in [-0.15, -0.1) is 0 Å². The van der Waals surface area contributed by atoms with E-state index in [0.29, 0.717) is 0 Å². The average Bonchev–Trinajstić information content (AvgIpc) is 3.18. The Bertz CT molecular complexity index is 1260. The maximum absolute atomic E-state index is 13.6. The van der Waals surface area contributed by atoms with E-state index in [1.807, 2.05) is 0 Å². The summed E-state index contributed by atoms with van der Waals surface area (Å²) in [6, 6.07) is 23.8. The van der Waals surface area contributed by atoms with Crippen LogP contribution in [0.5, 0.6) is 0 Å². The third-order valence-corrected chi connectivity index (χ3v) is 5.73. The molecular weight excluding hydrogens is 480 g/mol. The Labute approximate surface area is 212 Å². The number of Topliss-reactive ketones (excluding diaryl/α,β-unsaturated/α-hetero) is 1. The van der Waals surface area contributed by atoms with E-state index in [1.54, 1.807) is 66.7 Å². The molecule has 1 heterocycles. The minimum atomic E-state index is -2.64. The number of hydrogen-bond acceptors (Lipinski definition) is 9. The second kappa shape index (κ2) is 11.2. The van der Waals surface area contributed by atoms with Gasteiger partial charge >= 0.3 is 17.9 Å². The van der Waals surface area contributed by atoms with E-state index >= 15 is 0 Å².